The van der Waals surface area contributed by atoms with Crippen molar-refractivity contribution >= 4 is 54.5 Å². The van der Waals surface area contributed by atoms with Gasteiger partial charge in [0, 0.05) is 24.8 Å². The Labute approximate surface area is 262 Å². The molecule has 0 aromatic heterocycles. The summed E-state index contributed by atoms with van der Waals surface area (Å²) in [6.45, 7) is 9.08. The maximum atomic E-state index is 15.0. The number of amides is 2. The standard InChI is InChI=1S/C34H44N2O3S2Si/c1-5-9-24-35-28(21-23-31(35)37)32(33(38)36-29(25-41-34(36)40)27-18-14-11-15-19-27)30(39-42(6-2,7-3)8-4)22-20-26-16-12-10-13-17-26/h5,9-20,22,28-30,32H,6-8,21,23-25H2,1-4H3/b9-5+,22-20+/t28-,29-,30+,32-/m0/s1. The lowest BCUT2D eigenvalue weighted by Gasteiger charge is -2.41. The highest BCUT2D eigenvalue weighted by Crippen LogP contribution is 2.40. The molecule has 42 heavy (non-hydrogen) atoms. The highest BCUT2D eigenvalue weighted by Gasteiger charge is 2.49. The Morgan fingerprint density at radius 2 is 1.71 bits per heavy atom. The molecule has 2 aliphatic rings. The maximum Gasteiger partial charge on any atom is 0.236 e. The SMILES string of the molecule is C/C=C/CN1C(=O)CC[C@H]1[C@H](C(=O)N1C(=S)SC[C@H]1c1ccccc1)[C@@H](/C=C/c1ccccc1)O[Si](CC)(CC)CC. The summed E-state index contributed by atoms with van der Waals surface area (Å²) in [4.78, 5) is 32.0. The van der Waals surface area contributed by atoms with Gasteiger partial charge in [0.05, 0.1) is 18.1 Å². The number of benzene rings is 2. The number of thiocarbonyl (C=S) groups is 1. The van der Waals surface area contributed by atoms with Crippen LogP contribution in [-0.2, 0) is 14.0 Å². The van der Waals surface area contributed by atoms with E-state index in [0.717, 1.165) is 35.0 Å². The zero-order valence-electron chi connectivity index (χ0n) is 25.3. The van der Waals surface area contributed by atoms with Crippen LogP contribution >= 0.6 is 24.0 Å². The van der Waals surface area contributed by atoms with Gasteiger partial charge in [-0.3, -0.25) is 14.5 Å². The van der Waals surface area contributed by atoms with E-state index in [0.29, 0.717) is 23.7 Å². The molecule has 0 unspecified atom stereocenters. The Bertz CT molecular complexity index is 1260. The average molecular weight is 621 g/mol. The summed E-state index contributed by atoms with van der Waals surface area (Å²) in [5.74, 6) is 0.180. The first kappa shape index (κ1) is 32.4. The number of thioether (sulfide) groups is 1. The maximum absolute atomic E-state index is 15.0. The lowest BCUT2D eigenvalue weighted by atomic mass is 9.88. The minimum absolute atomic E-state index is 0.0436. The van der Waals surface area contributed by atoms with Crippen molar-refractivity contribution in [1.29, 1.82) is 0 Å². The van der Waals surface area contributed by atoms with E-state index in [2.05, 4.69) is 57.2 Å². The number of nitrogens with zero attached hydrogens (tertiary/aromatic N) is 2. The molecule has 224 valence electrons. The van der Waals surface area contributed by atoms with E-state index < -0.39 is 20.3 Å². The topological polar surface area (TPSA) is 49.9 Å². The summed E-state index contributed by atoms with van der Waals surface area (Å²) < 4.78 is 7.82. The normalized spacial score (nSPS) is 21.1. The molecule has 2 aromatic rings. The molecular formula is C34H44N2O3S2Si. The van der Waals surface area contributed by atoms with Crippen molar-refractivity contribution in [3.63, 3.8) is 0 Å². The molecule has 2 aliphatic heterocycles. The monoisotopic (exact) mass is 620 g/mol. The second kappa shape index (κ2) is 15.3. The number of allylic oxidation sites excluding steroid dienone is 1. The zero-order valence-corrected chi connectivity index (χ0v) is 27.9. The molecule has 0 spiro atoms. The predicted octanol–water partition coefficient (Wildman–Crippen LogP) is 7.88. The lowest BCUT2D eigenvalue weighted by Crippen LogP contribution is -2.54. The molecule has 0 saturated carbocycles. The molecule has 4 atom stereocenters. The molecule has 0 aliphatic carbocycles. The van der Waals surface area contributed by atoms with Gasteiger partial charge in [-0.2, -0.15) is 0 Å². The minimum Gasteiger partial charge on any atom is -0.410 e. The van der Waals surface area contributed by atoms with Crippen molar-refractivity contribution in [1.82, 2.24) is 9.80 Å². The van der Waals surface area contributed by atoms with Crippen molar-refractivity contribution < 1.29 is 14.0 Å². The largest absolute Gasteiger partial charge is 0.410 e. The molecule has 4 rings (SSSR count). The summed E-state index contributed by atoms with van der Waals surface area (Å²) in [5.41, 5.74) is 2.12. The van der Waals surface area contributed by atoms with Crippen molar-refractivity contribution in [2.45, 2.75) is 76.9 Å². The van der Waals surface area contributed by atoms with Gasteiger partial charge in [0.15, 0.2) is 8.32 Å². The summed E-state index contributed by atoms with van der Waals surface area (Å²) in [7, 11) is -2.16. The molecule has 2 fully saturated rings. The number of hydrogen-bond acceptors (Lipinski definition) is 5. The summed E-state index contributed by atoms with van der Waals surface area (Å²) in [5, 5.41) is 0. The Kier molecular flexibility index (Phi) is 11.8. The predicted molar refractivity (Wildman–Crippen MR) is 182 cm³/mol. The average Bonchev–Trinajstić information content (AvgIpc) is 3.60. The molecule has 5 nitrogen and oxygen atoms in total. The van der Waals surface area contributed by atoms with E-state index in [-0.39, 0.29) is 23.9 Å². The second-order valence-corrected chi connectivity index (χ2v) is 17.4. The first-order chi connectivity index (χ1) is 20.4. The highest BCUT2D eigenvalue weighted by molar-refractivity contribution is 8.23. The van der Waals surface area contributed by atoms with Crippen LogP contribution in [0.25, 0.3) is 6.08 Å². The minimum atomic E-state index is -2.16. The molecule has 0 bridgehead atoms. The van der Waals surface area contributed by atoms with Gasteiger partial charge in [0.1, 0.15) is 4.32 Å². The first-order valence-corrected chi connectivity index (χ1v) is 19.2. The van der Waals surface area contributed by atoms with Crippen LogP contribution in [0.4, 0.5) is 0 Å². The summed E-state index contributed by atoms with van der Waals surface area (Å²) in [6.07, 6.45) is 8.68. The van der Waals surface area contributed by atoms with Gasteiger partial charge in [-0.05, 0) is 42.6 Å². The fourth-order valence-corrected chi connectivity index (χ4v) is 10.4. The highest BCUT2D eigenvalue weighted by atomic mass is 32.2. The fraction of sp³-hybridized carbons (Fsp3) is 0.441. The third-order valence-electron chi connectivity index (χ3n) is 8.86. The number of rotatable bonds is 13. The van der Waals surface area contributed by atoms with Crippen LogP contribution in [0, 0.1) is 5.92 Å². The van der Waals surface area contributed by atoms with Crippen LogP contribution in [-0.4, -0.2) is 58.7 Å². The first-order valence-electron chi connectivity index (χ1n) is 15.2. The molecular weight excluding hydrogens is 577 g/mol. The van der Waals surface area contributed by atoms with Gasteiger partial charge in [-0.15, -0.1) is 0 Å². The van der Waals surface area contributed by atoms with E-state index >= 15 is 4.79 Å². The van der Waals surface area contributed by atoms with Crippen LogP contribution in [0.15, 0.2) is 78.9 Å². The van der Waals surface area contributed by atoms with Crippen LogP contribution in [0.3, 0.4) is 0 Å². The number of carbonyl (C=O) groups is 2. The van der Waals surface area contributed by atoms with E-state index in [4.69, 9.17) is 16.6 Å². The van der Waals surface area contributed by atoms with Crippen LogP contribution < -0.4 is 0 Å². The second-order valence-electron chi connectivity index (χ2n) is 11.1. The fourth-order valence-electron chi connectivity index (χ4n) is 6.15. The van der Waals surface area contributed by atoms with Gasteiger partial charge in [-0.1, -0.05) is 130 Å². The van der Waals surface area contributed by atoms with Gasteiger partial charge in [-0.25, -0.2) is 0 Å². The van der Waals surface area contributed by atoms with Crippen molar-refractivity contribution in [3.8, 4) is 0 Å². The number of likely N-dealkylation sites (tertiary alicyclic amines) is 1. The molecule has 8 heteroatoms. The number of hydrogen-bond donors (Lipinski definition) is 0. The molecule has 2 heterocycles. The third kappa shape index (κ3) is 7.33. The Hall–Kier alpha value is -2.52. The van der Waals surface area contributed by atoms with Crippen molar-refractivity contribution in [2.24, 2.45) is 5.92 Å². The van der Waals surface area contributed by atoms with Crippen molar-refractivity contribution in [2.75, 3.05) is 12.3 Å². The Morgan fingerprint density at radius 1 is 1.07 bits per heavy atom. The summed E-state index contributed by atoms with van der Waals surface area (Å²) in [6, 6.07) is 22.8. The Morgan fingerprint density at radius 3 is 2.33 bits per heavy atom. The smallest absolute Gasteiger partial charge is 0.236 e. The molecule has 2 saturated heterocycles. The van der Waals surface area contributed by atoms with E-state index in [1.165, 1.54) is 0 Å². The van der Waals surface area contributed by atoms with E-state index in [1.807, 2.05) is 65.3 Å². The van der Waals surface area contributed by atoms with E-state index in [1.54, 1.807) is 11.8 Å². The Balaban J connectivity index is 1.84. The molecule has 0 radical (unpaired) electrons. The van der Waals surface area contributed by atoms with Crippen LogP contribution in [0.5, 0.6) is 0 Å². The zero-order chi connectivity index (χ0) is 30.1. The third-order valence-corrected chi connectivity index (χ3v) is 15.0. The lowest BCUT2D eigenvalue weighted by molar-refractivity contribution is -0.139. The molecule has 2 aromatic carbocycles. The van der Waals surface area contributed by atoms with Gasteiger partial charge in [0.2, 0.25) is 11.8 Å². The van der Waals surface area contributed by atoms with Gasteiger partial charge < -0.3 is 9.33 Å². The molecule has 0 N–H and O–H groups in total. The van der Waals surface area contributed by atoms with Gasteiger partial charge >= 0.3 is 0 Å². The number of carbonyl (C=O) groups excluding carboxylic acids is 2. The van der Waals surface area contributed by atoms with Crippen LogP contribution in [0.2, 0.25) is 18.1 Å². The van der Waals surface area contributed by atoms with Gasteiger partial charge in [0.25, 0.3) is 0 Å². The quantitative estimate of drug-likeness (QED) is 0.130. The molecule has 2 amide bonds. The van der Waals surface area contributed by atoms with Crippen LogP contribution in [0.1, 0.15) is 57.7 Å². The van der Waals surface area contributed by atoms with Crippen molar-refractivity contribution in [3.05, 3.63) is 90.0 Å². The summed E-state index contributed by atoms with van der Waals surface area (Å²) >= 11 is 7.40. The van der Waals surface area contributed by atoms with E-state index in [9.17, 15) is 4.79 Å².